The van der Waals surface area contributed by atoms with E-state index in [1.54, 1.807) is 19.9 Å². The molecule has 17 heteroatoms. The Labute approximate surface area is 297 Å². The van der Waals surface area contributed by atoms with Crippen molar-refractivity contribution in [1.82, 2.24) is 20.6 Å². The standard InChI is InChI=1S/C35H40F2N4O11/c1-5-28(41(48)20-42)26(10-8-21-7-9-24(36)16-27(21)37)33(45)38-19-39-34(46)30-12-11-29(52-30)22-13-23(15-25(14-22)51-6-2)35(47)40(17-31(43)49-3)18-32(44)50-4/h7,9,11-16,20,26,28,48H,5-6,8,10,17-19H2,1-4H3,(H,38,45)(H,39,46)/t26-,28-/m1/s1. The molecule has 1 heterocycles. The smallest absolute Gasteiger partial charge is 0.325 e. The average Bonchev–Trinajstić information content (AvgIpc) is 3.63. The van der Waals surface area contributed by atoms with Crippen molar-refractivity contribution in [1.29, 1.82) is 0 Å². The van der Waals surface area contributed by atoms with Crippen LogP contribution in [0.4, 0.5) is 8.78 Å². The Balaban J connectivity index is 1.75. The van der Waals surface area contributed by atoms with E-state index in [0.29, 0.717) is 16.7 Å². The van der Waals surface area contributed by atoms with Crippen LogP contribution >= 0.6 is 0 Å². The van der Waals surface area contributed by atoms with Crippen molar-refractivity contribution >= 4 is 36.1 Å². The molecule has 52 heavy (non-hydrogen) atoms. The molecule has 0 saturated heterocycles. The number of rotatable bonds is 19. The van der Waals surface area contributed by atoms with E-state index in [1.165, 1.54) is 30.3 Å². The highest BCUT2D eigenvalue weighted by Gasteiger charge is 2.31. The Morgan fingerprint density at radius 3 is 2.23 bits per heavy atom. The molecule has 2 aromatic carbocycles. The van der Waals surface area contributed by atoms with Crippen molar-refractivity contribution in [2.45, 2.75) is 39.2 Å². The third-order valence-electron chi connectivity index (χ3n) is 7.88. The summed E-state index contributed by atoms with van der Waals surface area (Å²) >= 11 is 0. The van der Waals surface area contributed by atoms with Gasteiger partial charge in [0.25, 0.3) is 11.8 Å². The van der Waals surface area contributed by atoms with Gasteiger partial charge in [-0.05, 0) is 68.1 Å². The first kappa shape index (κ1) is 40.6. The minimum atomic E-state index is -1.04. The summed E-state index contributed by atoms with van der Waals surface area (Å²) < 4.78 is 48.3. The van der Waals surface area contributed by atoms with Crippen molar-refractivity contribution in [2.24, 2.45) is 5.92 Å². The molecule has 0 fully saturated rings. The van der Waals surface area contributed by atoms with Gasteiger partial charge in [0.1, 0.15) is 36.2 Å². The molecule has 0 aliphatic carbocycles. The lowest BCUT2D eigenvalue weighted by Crippen LogP contribution is -2.47. The zero-order valence-corrected chi connectivity index (χ0v) is 29.0. The molecule has 1 aromatic heterocycles. The number of nitrogens with one attached hydrogen (secondary N) is 2. The second-order valence-electron chi connectivity index (χ2n) is 11.2. The predicted octanol–water partition coefficient (Wildman–Crippen LogP) is 3.09. The topological polar surface area (TPSA) is 194 Å². The van der Waals surface area contributed by atoms with Gasteiger partial charge in [-0.3, -0.25) is 34.0 Å². The maximum absolute atomic E-state index is 14.3. The number of nitrogens with zero attached hydrogens (tertiary/aromatic N) is 2. The van der Waals surface area contributed by atoms with Crippen LogP contribution in [-0.2, 0) is 35.1 Å². The van der Waals surface area contributed by atoms with Crippen LogP contribution in [0, 0.1) is 17.6 Å². The third-order valence-corrected chi connectivity index (χ3v) is 7.88. The molecule has 15 nitrogen and oxygen atoms in total. The lowest BCUT2D eigenvalue weighted by atomic mass is 9.89. The molecule has 3 N–H and O–H groups in total. The molecule has 0 aliphatic heterocycles. The van der Waals surface area contributed by atoms with Crippen LogP contribution in [0.2, 0.25) is 0 Å². The van der Waals surface area contributed by atoms with E-state index in [4.69, 9.17) is 9.15 Å². The second-order valence-corrected chi connectivity index (χ2v) is 11.2. The third kappa shape index (κ3) is 11.1. The molecule has 3 rings (SSSR count). The molecular weight excluding hydrogens is 690 g/mol. The summed E-state index contributed by atoms with van der Waals surface area (Å²) in [5.74, 6) is -6.04. The average molecular weight is 731 g/mol. The van der Waals surface area contributed by atoms with E-state index in [9.17, 15) is 42.8 Å². The Hall–Kier alpha value is -5.84. The van der Waals surface area contributed by atoms with Crippen LogP contribution in [0.1, 0.15) is 53.2 Å². The number of hydroxylamine groups is 2. The van der Waals surface area contributed by atoms with Crippen LogP contribution in [0.25, 0.3) is 11.3 Å². The Bertz CT molecular complexity index is 1730. The fourth-order valence-corrected chi connectivity index (χ4v) is 5.25. The fraction of sp³-hybridized carbons (Fsp3) is 0.371. The number of methoxy groups -OCH3 is 2. The van der Waals surface area contributed by atoms with Gasteiger partial charge in [-0.2, -0.15) is 0 Å². The Morgan fingerprint density at radius 2 is 1.63 bits per heavy atom. The van der Waals surface area contributed by atoms with E-state index in [2.05, 4.69) is 20.1 Å². The summed E-state index contributed by atoms with van der Waals surface area (Å²) in [7, 11) is 2.27. The summed E-state index contributed by atoms with van der Waals surface area (Å²) in [5, 5.41) is 15.5. The number of amides is 4. The SMILES string of the molecule is CCOc1cc(C(=O)N(CC(=O)OC)CC(=O)OC)cc(-c2ccc(C(=O)NCNC(=O)[C@H](CCc3ccc(F)cc3F)[C@@H](CC)N(O)C=O)o2)c1. The lowest BCUT2D eigenvalue weighted by Gasteiger charge is -2.29. The largest absolute Gasteiger partial charge is 0.494 e. The van der Waals surface area contributed by atoms with Crippen molar-refractivity contribution in [2.75, 3.05) is 40.6 Å². The van der Waals surface area contributed by atoms with E-state index >= 15 is 0 Å². The molecule has 0 unspecified atom stereocenters. The minimum Gasteiger partial charge on any atom is -0.494 e. The zero-order valence-electron chi connectivity index (χ0n) is 29.0. The molecule has 280 valence electrons. The van der Waals surface area contributed by atoms with Crippen molar-refractivity contribution < 1.29 is 61.4 Å². The number of hydrogen-bond donors (Lipinski definition) is 3. The van der Waals surface area contributed by atoms with Gasteiger partial charge in [0.05, 0.1) is 39.5 Å². The second kappa shape index (κ2) is 19.5. The molecule has 0 spiro atoms. The molecule has 2 atom stereocenters. The number of hydrogen-bond acceptors (Lipinski definition) is 11. The van der Waals surface area contributed by atoms with Crippen molar-refractivity contribution in [3.8, 4) is 17.1 Å². The van der Waals surface area contributed by atoms with Gasteiger partial charge >= 0.3 is 11.9 Å². The number of carbonyl (C=O) groups is 6. The summed E-state index contributed by atoms with van der Waals surface area (Å²) in [5.41, 5.74) is 0.471. The van der Waals surface area contributed by atoms with Crippen LogP contribution in [0.15, 0.2) is 52.9 Å². The summed E-state index contributed by atoms with van der Waals surface area (Å²) in [6.07, 6.45) is 0.267. The number of aryl methyl sites for hydroxylation is 1. The highest BCUT2D eigenvalue weighted by molar-refractivity contribution is 5.99. The number of halogens is 2. The minimum absolute atomic E-state index is 0.0126. The van der Waals surface area contributed by atoms with Crippen LogP contribution in [0.3, 0.4) is 0 Å². The summed E-state index contributed by atoms with van der Waals surface area (Å²) in [4.78, 5) is 75.8. The number of benzene rings is 2. The lowest BCUT2D eigenvalue weighted by molar-refractivity contribution is -0.168. The molecule has 0 radical (unpaired) electrons. The van der Waals surface area contributed by atoms with Crippen molar-refractivity contribution in [3.63, 3.8) is 0 Å². The quantitative estimate of drug-likeness (QED) is 0.0540. The van der Waals surface area contributed by atoms with Gasteiger partial charge < -0.3 is 34.2 Å². The molecule has 4 amide bonds. The highest BCUT2D eigenvalue weighted by atomic mass is 19.1. The van der Waals surface area contributed by atoms with Crippen LogP contribution in [0.5, 0.6) is 5.75 Å². The number of ether oxygens (including phenoxy) is 3. The molecule has 3 aromatic rings. The first-order chi connectivity index (χ1) is 24.8. The van der Waals surface area contributed by atoms with Gasteiger partial charge in [0, 0.05) is 17.2 Å². The predicted molar refractivity (Wildman–Crippen MR) is 178 cm³/mol. The Morgan fingerprint density at radius 1 is 0.942 bits per heavy atom. The first-order valence-corrected chi connectivity index (χ1v) is 16.1. The monoisotopic (exact) mass is 730 g/mol. The number of esters is 2. The van der Waals surface area contributed by atoms with Crippen molar-refractivity contribution in [3.05, 3.63) is 77.1 Å². The first-order valence-electron chi connectivity index (χ1n) is 16.1. The summed E-state index contributed by atoms with van der Waals surface area (Å²) in [6, 6.07) is 9.23. The normalized spacial score (nSPS) is 11.8. The highest BCUT2D eigenvalue weighted by Crippen LogP contribution is 2.29. The maximum atomic E-state index is 14.3. The van der Waals surface area contributed by atoms with Gasteiger partial charge in [0.15, 0.2) is 5.76 Å². The molecule has 0 saturated carbocycles. The maximum Gasteiger partial charge on any atom is 0.325 e. The van der Waals surface area contributed by atoms with E-state index < -0.39 is 73.0 Å². The Kier molecular flexibility index (Phi) is 15.2. The molecule has 0 bridgehead atoms. The van der Waals surface area contributed by atoms with Gasteiger partial charge in [-0.15, -0.1) is 0 Å². The zero-order chi connectivity index (χ0) is 38.4. The van der Waals surface area contributed by atoms with Crippen LogP contribution < -0.4 is 15.4 Å². The van der Waals surface area contributed by atoms with E-state index in [1.807, 2.05) is 0 Å². The van der Waals surface area contributed by atoms with Crippen LogP contribution in [-0.4, -0.2) is 97.9 Å². The van der Waals surface area contributed by atoms with Gasteiger partial charge in [-0.25, -0.2) is 13.8 Å². The number of furan rings is 1. The summed E-state index contributed by atoms with van der Waals surface area (Å²) in [6.45, 7) is 2.12. The van der Waals surface area contributed by atoms with Gasteiger partial charge in [-0.1, -0.05) is 13.0 Å². The van der Waals surface area contributed by atoms with Gasteiger partial charge in [0.2, 0.25) is 12.3 Å². The van der Waals surface area contributed by atoms with E-state index in [0.717, 1.165) is 25.2 Å². The molecular formula is C35H40F2N4O11. The fourth-order valence-electron chi connectivity index (χ4n) is 5.25. The van der Waals surface area contributed by atoms with E-state index in [-0.39, 0.29) is 60.7 Å². The number of carbonyl (C=O) groups excluding carboxylic acids is 6. The molecule has 0 aliphatic rings.